The van der Waals surface area contributed by atoms with E-state index < -0.39 is 11.7 Å². The molecule has 0 saturated carbocycles. The highest BCUT2D eigenvalue weighted by molar-refractivity contribution is 9.10. The summed E-state index contributed by atoms with van der Waals surface area (Å²) in [6.45, 7) is 0. The molecule has 1 heterocycles. The van der Waals surface area contributed by atoms with Gasteiger partial charge in [-0.1, -0.05) is 17.7 Å². The molecule has 2 N–H and O–H groups in total. The molecule has 0 radical (unpaired) electrons. The minimum Gasteiger partial charge on any atom is -0.373 e. The van der Waals surface area contributed by atoms with E-state index in [2.05, 4.69) is 31.5 Å². The van der Waals surface area contributed by atoms with E-state index in [0.29, 0.717) is 10.3 Å². The molecular formula is C13H10BrClFN3O. The third kappa shape index (κ3) is 3.08. The Kier molecular flexibility index (Phi) is 4.57. The second-order valence-electron chi connectivity index (χ2n) is 3.85. The third-order valence-corrected chi connectivity index (χ3v) is 3.52. The lowest BCUT2D eigenvalue weighted by molar-refractivity contribution is 0.102. The minimum absolute atomic E-state index is 0.0661. The van der Waals surface area contributed by atoms with E-state index in [1.807, 2.05) is 0 Å². The van der Waals surface area contributed by atoms with Crippen molar-refractivity contribution in [2.45, 2.75) is 0 Å². The Morgan fingerprint density at radius 3 is 2.85 bits per heavy atom. The van der Waals surface area contributed by atoms with Gasteiger partial charge in [0.25, 0.3) is 5.91 Å². The summed E-state index contributed by atoms with van der Waals surface area (Å²) in [7, 11) is 1.67. The molecule has 0 unspecified atom stereocenters. The molecule has 1 amide bonds. The van der Waals surface area contributed by atoms with Gasteiger partial charge in [0.1, 0.15) is 11.6 Å². The molecule has 0 spiro atoms. The first-order chi connectivity index (χ1) is 9.52. The van der Waals surface area contributed by atoms with Crippen LogP contribution in [0, 0.1) is 5.82 Å². The van der Waals surface area contributed by atoms with Crippen molar-refractivity contribution < 1.29 is 9.18 Å². The summed E-state index contributed by atoms with van der Waals surface area (Å²) in [4.78, 5) is 16.1. The van der Waals surface area contributed by atoms with E-state index in [1.54, 1.807) is 13.1 Å². The van der Waals surface area contributed by atoms with E-state index in [9.17, 15) is 9.18 Å². The Morgan fingerprint density at radius 2 is 2.20 bits per heavy atom. The predicted molar refractivity (Wildman–Crippen MR) is 80.8 cm³/mol. The van der Waals surface area contributed by atoms with Crippen LogP contribution in [0.2, 0.25) is 5.02 Å². The fraction of sp³-hybridized carbons (Fsp3) is 0.0769. The number of nitrogens with one attached hydrogen (secondary N) is 2. The average molecular weight is 359 g/mol. The van der Waals surface area contributed by atoms with Crippen LogP contribution < -0.4 is 10.6 Å². The first-order valence-electron chi connectivity index (χ1n) is 5.61. The summed E-state index contributed by atoms with van der Waals surface area (Å²) in [5.41, 5.74) is 0.276. The second kappa shape index (κ2) is 6.19. The lowest BCUT2D eigenvalue weighted by Crippen LogP contribution is -2.14. The third-order valence-electron chi connectivity index (χ3n) is 2.56. The summed E-state index contributed by atoms with van der Waals surface area (Å²) in [5.74, 6) is -0.557. The van der Waals surface area contributed by atoms with Crippen molar-refractivity contribution in [1.29, 1.82) is 0 Å². The van der Waals surface area contributed by atoms with Crippen LogP contribution in [0.15, 0.2) is 34.9 Å². The van der Waals surface area contributed by atoms with Crippen LogP contribution in [-0.2, 0) is 0 Å². The largest absolute Gasteiger partial charge is 0.373 e. The van der Waals surface area contributed by atoms with Crippen LogP contribution in [0.25, 0.3) is 0 Å². The predicted octanol–water partition coefficient (Wildman–Crippen LogP) is 3.93. The SMILES string of the molecule is CNc1cc(C(=O)Nc2c(F)cccc2Br)c(Cl)cn1. The number of aromatic nitrogens is 1. The van der Waals surface area contributed by atoms with Gasteiger partial charge in [-0.15, -0.1) is 0 Å². The van der Waals surface area contributed by atoms with Gasteiger partial charge in [-0.25, -0.2) is 9.37 Å². The van der Waals surface area contributed by atoms with Crippen LogP contribution in [0.4, 0.5) is 15.9 Å². The summed E-state index contributed by atoms with van der Waals surface area (Å²) in [5, 5.41) is 5.48. The Labute approximate surface area is 128 Å². The first-order valence-corrected chi connectivity index (χ1v) is 6.78. The van der Waals surface area contributed by atoms with Gasteiger partial charge in [-0.2, -0.15) is 0 Å². The number of pyridine rings is 1. The zero-order valence-electron chi connectivity index (χ0n) is 10.4. The van der Waals surface area contributed by atoms with Gasteiger partial charge in [-0.05, 0) is 34.1 Å². The minimum atomic E-state index is -0.535. The molecule has 0 fully saturated rings. The fourth-order valence-corrected chi connectivity index (χ4v) is 2.18. The van der Waals surface area contributed by atoms with Gasteiger partial charge >= 0.3 is 0 Å². The molecule has 0 bridgehead atoms. The Hall–Kier alpha value is -1.66. The molecule has 0 atom stereocenters. The number of hydrogen-bond acceptors (Lipinski definition) is 3. The maximum absolute atomic E-state index is 13.7. The number of amides is 1. The maximum Gasteiger partial charge on any atom is 0.257 e. The molecule has 7 heteroatoms. The van der Waals surface area contributed by atoms with Gasteiger partial charge in [0.2, 0.25) is 0 Å². The maximum atomic E-state index is 13.7. The van der Waals surface area contributed by atoms with E-state index in [0.717, 1.165) is 0 Å². The summed E-state index contributed by atoms with van der Waals surface area (Å²) in [6, 6.07) is 5.92. The average Bonchev–Trinajstić information content (AvgIpc) is 2.43. The first kappa shape index (κ1) is 14.7. The summed E-state index contributed by atoms with van der Waals surface area (Å²) >= 11 is 9.12. The molecule has 0 aliphatic heterocycles. The molecule has 0 aliphatic rings. The molecule has 0 aliphatic carbocycles. The summed E-state index contributed by atoms with van der Waals surface area (Å²) < 4.78 is 14.1. The lowest BCUT2D eigenvalue weighted by Gasteiger charge is -2.10. The summed E-state index contributed by atoms with van der Waals surface area (Å²) in [6.07, 6.45) is 1.36. The number of anilines is 2. The van der Waals surface area contributed by atoms with Crippen LogP contribution >= 0.6 is 27.5 Å². The van der Waals surface area contributed by atoms with Gasteiger partial charge in [0.05, 0.1) is 16.3 Å². The molecule has 104 valence electrons. The quantitative estimate of drug-likeness (QED) is 0.874. The number of para-hydroxylation sites is 1. The van der Waals surface area contributed by atoms with Crippen molar-refractivity contribution in [2.75, 3.05) is 17.7 Å². The zero-order chi connectivity index (χ0) is 14.7. The number of carbonyl (C=O) groups excluding carboxylic acids is 1. The molecule has 1 aromatic carbocycles. The topological polar surface area (TPSA) is 54.0 Å². The molecule has 1 aromatic heterocycles. The monoisotopic (exact) mass is 357 g/mol. The zero-order valence-corrected chi connectivity index (χ0v) is 12.7. The number of carbonyl (C=O) groups is 1. The van der Waals surface area contributed by atoms with Crippen molar-refractivity contribution in [2.24, 2.45) is 0 Å². The van der Waals surface area contributed by atoms with E-state index in [1.165, 1.54) is 24.4 Å². The Morgan fingerprint density at radius 1 is 1.45 bits per heavy atom. The normalized spacial score (nSPS) is 10.2. The van der Waals surface area contributed by atoms with E-state index >= 15 is 0 Å². The van der Waals surface area contributed by atoms with Crippen molar-refractivity contribution in [1.82, 2.24) is 4.98 Å². The number of halogens is 3. The van der Waals surface area contributed by atoms with Gasteiger partial charge in [0, 0.05) is 17.7 Å². The van der Waals surface area contributed by atoms with Gasteiger partial charge < -0.3 is 10.6 Å². The van der Waals surface area contributed by atoms with Crippen molar-refractivity contribution in [3.05, 3.63) is 51.3 Å². The number of nitrogens with zero attached hydrogens (tertiary/aromatic N) is 1. The standard InChI is InChI=1S/C13H10BrClFN3O/c1-17-11-5-7(9(15)6-18-11)13(20)19-12-8(14)3-2-4-10(12)16/h2-6H,1H3,(H,17,18)(H,19,20). The fourth-order valence-electron chi connectivity index (χ4n) is 1.55. The highest BCUT2D eigenvalue weighted by Crippen LogP contribution is 2.27. The number of rotatable bonds is 3. The second-order valence-corrected chi connectivity index (χ2v) is 5.11. The van der Waals surface area contributed by atoms with E-state index in [4.69, 9.17) is 11.6 Å². The smallest absolute Gasteiger partial charge is 0.257 e. The van der Waals surface area contributed by atoms with E-state index in [-0.39, 0.29) is 16.3 Å². The number of hydrogen-bond donors (Lipinski definition) is 2. The van der Waals surface area contributed by atoms with Crippen molar-refractivity contribution in [3.8, 4) is 0 Å². The van der Waals surface area contributed by atoms with Gasteiger partial charge in [-0.3, -0.25) is 4.79 Å². The molecular weight excluding hydrogens is 349 g/mol. The Balaban J connectivity index is 2.33. The molecule has 0 saturated heterocycles. The highest BCUT2D eigenvalue weighted by Gasteiger charge is 2.15. The van der Waals surface area contributed by atoms with Crippen LogP contribution in [0.5, 0.6) is 0 Å². The molecule has 4 nitrogen and oxygen atoms in total. The van der Waals surface area contributed by atoms with Gasteiger partial charge in [0.15, 0.2) is 0 Å². The van der Waals surface area contributed by atoms with Crippen LogP contribution in [-0.4, -0.2) is 17.9 Å². The molecule has 2 aromatic rings. The van der Waals surface area contributed by atoms with Crippen LogP contribution in [0.3, 0.4) is 0 Å². The lowest BCUT2D eigenvalue weighted by atomic mass is 10.2. The molecule has 20 heavy (non-hydrogen) atoms. The Bertz CT molecular complexity index is 646. The molecule has 2 rings (SSSR count). The van der Waals surface area contributed by atoms with Crippen molar-refractivity contribution in [3.63, 3.8) is 0 Å². The highest BCUT2D eigenvalue weighted by atomic mass is 79.9. The number of benzene rings is 1. The van der Waals surface area contributed by atoms with Crippen molar-refractivity contribution >= 4 is 44.9 Å². The van der Waals surface area contributed by atoms with Crippen LogP contribution in [0.1, 0.15) is 10.4 Å².